The van der Waals surface area contributed by atoms with Crippen LogP contribution in [0.15, 0.2) is 0 Å². The number of hydrogen-bond acceptors (Lipinski definition) is 4. The van der Waals surface area contributed by atoms with Crippen molar-refractivity contribution in [1.82, 2.24) is 20.9 Å². The lowest BCUT2D eigenvalue weighted by Crippen LogP contribution is -2.58. The minimum Gasteiger partial charge on any atom is -0.353 e. The summed E-state index contributed by atoms with van der Waals surface area (Å²) in [6, 6.07) is -0.301. The highest BCUT2D eigenvalue weighted by Gasteiger charge is 2.23. The van der Waals surface area contributed by atoms with Gasteiger partial charge in [-0.2, -0.15) is 0 Å². The normalized spacial score (nSPS) is 20.2. The minimum absolute atomic E-state index is 0.0443. The summed E-state index contributed by atoms with van der Waals surface area (Å²) >= 11 is 0. The molecule has 0 aromatic carbocycles. The first kappa shape index (κ1) is 13.9. The highest BCUT2D eigenvalue weighted by molar-refractivity contribution is 5.86. The molecular weight excluding hydrogens is 220 g/mol. The molecule has 0 aromatic heterocycles. The maximum absolute atomic E-state index is 11.7. The smallest absolute Gasteiger partial charge is 0.239 e. The van der Waals surface area contributed by atoms with Gasteiger partial charge in [0.15, 0.2) is 0 Å². The van der Waals surface area contributed by atoms with Crippen LogP contribution in [0.4, 0.5) is 0 Å². The van der Waals surface area contributed by atoms with E-state index in [2.05, 4.69) is 34.7 Å². The molecule has 98 valence electrons. The Hall–Kier alpha value is -1.14. The number of hydrogen-bond donors (Lipinski definition) is 3. The number of likely N-dealkylation sites (N-methyl/N-ethyl adjacent to an activating group) is 1. The summed E-state index contributed by atoms with van der Waals surface area (Å²) in [6.07, 6.45) is 0. The number of piperazine rings is 1. The topological polar surface area (TPSA) is 73.5 Å². The SMILES string of the molecule is CCN(CC)CCNC(=O)C1CNC(=O)CN1. The Kier molecular flexibility index (Phi) is 5.93. The van der Waals surface area contributed by atoms with E-state index in [1.165, 1.54) is 0 Å². The Balaban J connectivity index is 2.18. The molecule has 1 aliphatic rings. The average molecular weight is 242 g/mol. The molecule has 1 unspecified atom stereocenters. The number of carbonyl (C=O) groups is 2. The van der Waals surface area contributed by atoms with E-state index in [9.17, 15) is 9.59 Å². The number of rotatable bonds is 6. The molecule has 1 aliphatic heterocycles. The van der Waals surface area contributed by atoms with Crippen LogP contribution in [0.3, 0.4) is 0 Å². The zero-order chi connectivity index (χ0) is 12.7. The maximum atomic E-state index is 11.7. The second-order valence-corrected chi connectivity index (χ2v) is 4.06. The predicted molar refractivity (Wildman–Crippen MR) is 65.6 cm³/mol. The van der Waals surface area contributed by atoms with Gasteiger partial charge in [-0.25, -0.2) is 0 Å². The Bertz CT molecular complexity index is 256. The van der Waals surface area contributed by atoms with Crippen LogP contribution in [0.5, 0.6) is 0 Å². The highest BCUT2D eigenvalue weighted by Crippen LogP contribution is 1.89. The van der Waals surface area contributed by atoms with Gasteiger partial charge >= 0.3 is 0 Å². The zero-order valence-electron chi connectivity index (χ0n) is 10.6. The van der Waals surface area contributed by atoms with E-state index in [4.69, 9.17) is 0 Å². The highest BCUT2D eigenvalue weighted by atomic mass is 16.2. The Morgan fingerprint density at radius 1 is 1.47 bits per heavy atom. The third kappa shape index (κ3) is 4.70. The molecule has 1 atom stereocenters. The fourth-order valence-electron chi connectivity index (χ4n) is 1.75. The van der Waals surface area contributed by atoms with Gasteiger partial charge in [0.25, 0.3) is 0 Å². The van der Waals surface area contributed by atoms with E-state index in [0.717, 1.165) is 19.6 Å². The van der Waals surface area contributed by atoms with Crippen molar-refractivity contribution in [2.24, 2.45) is 0 Å². The summed E-state index contributed by atoms with van der Waals surface area (Å²) in [4.78, 5) is 24.9. The monoisotopic (exact) mass is 242 g/mol. The summed E-state index contributed by atoms with van der Waals surface area (Å²) < 4.78 is 0. The van der Waals surface area contributed by atoms with Gasteiger partial charge in [-0.3, -0.25) is 14.9 Å². The van der Waals surface area contributed by atoms with Crippen molar-refractivity contribution in [3.63, 3.8) is 0 Å². The van der Waals surface area contributed by atoms with E-state index in [1.807, 2.05) is 0 Å². The molecule has 0 saturated carbocycles. The Labute approximate surface area is 102 Å². The lowest BCUT2D eigenvalue weighted by Gasteiger charge is -2.24. The van der Waals surface area contributed by atoms with Crippen LogP contribution in [0, 0.1) is 0 Å². The molecule has 0 aromatic rings. The first-order chi connectivity index (χ1) is 8.17. The standard InChI is InChI=1S/C11H22N4O2/c1-3-15(4-2)6-5-12-11(17)9-7-14-10(16)8-13-9/h9,13H,3-8H2,1-2H3,(H,12,17)(H,14,16). The average Bonchev–Trinajstić information content (AvgIpc) is 2.35. The van der Waals surface area contributed by atoms with E-state index in [-0.39, 0.29) is 24.4 Å². The molecule has 17 heavy (non-hydrogen) atoms. The lowest BCUT2D eigenvalue weighted by atomic mass is 10.2. The second kappa shape index (κ2) is 7.24. The van der Waals surface area contributed by atoms with Gasteiger partial charge in [-0.15, -0.1) is 0 Å². The molecule has 1 heterocycles. The van der Waals surface area contributed by atoms with Gasteiger partial charge in [-0.05, 0) is 13.1 Å². The number of nitrogens with one attached hydrogen (secondary N) is 3. The predicted octanol–water partition coefficient (Wildman–Crippen LogP) is -1.47. The van der Waals surface area contributed by atoms with Crippen LogP contribution >= 0.6 is 0 Å². The van der Waals surface area contributed by atoms with E-state index in [1.54, 1.807) is 0 Å². The van der Waals surface area contributed by atoms with Gasteiger partial charge in [0.2, 0.25) is 11.8 Å². The molecule has 2 amide bonds. The molecule has 0 radical (unpaired) electrons. The largest absolute Gasteiger partial charge is 0.353 e. The number of carbonyl (C=O) groups excluding carboxylic acids is 2. The van der Waals surface area contributed by atoms with Crippen LogP contribution in [-0.2, 0) is 9.59 Å². The third-order valence-electron chi connectivity index (χ3n) is 2.95. The molecule has 1 fully saturated rings. The first-order valence-corrected chi connectivity index (χ1v) is 6.17. The Morgan fingerprint density at radius 2 is 2.18 bits per heavy atom. The molecule has 1 rings (SSSR count). The maximum Gasteiger partial charge on any atom is 0.239 e. The summed E-state index contributed by atoms with van der Waals surface area (Å²) in [5, 5.41) is 8.43. The van der Waals surface area contributed by atoms with Crippen molar-refractivity contribution in [2.45, 2.75) is 19.9 Å². The summed E-state index contributed by atoms with van der Waals surface area (Å²) in [7, 11) is 0. The molecule has 0 spiro atoms. The fraction of sp³-hybridized carbons (Fsp3) is 0.818. The quantitative estimate of drug-likeness (QED) is 0.532. The van der Waals surface area contributed by atoms with Gasteiger partial charge in [-0.1, -0.05) is 13.8 Å². The van der Waals surface area contributed by atoms with E-state index < -0.39 is 0 Å². The van der Waals surface area contributed by atoms with Gasteiger partial charge in [0, 0.05) is 19.6 Å². The molecule has 1 saturated heterocycles. The lowest BCUT2D eigenvalue weighted by molar-refractivity contribution is -0.126. The minimum atomic E-state index is -0.301. The van der Waals surface area contributed by atoms with Crippen molar-refractivity contribution >= 4 is 11.8 Å². The third-order valence-corrected chi connectivity index (χ3v) is 2.95. The van der Waals surface area contributed by atoms with Crippen LogP contribution in [0.1, 0.15) is 13.8 Å². The van der Waals surface area contributed by atoms with Gasteiger partial charge < -0.3 is 15.5 Å². The summed E-state index contributed by atoms with van der Waals surface area (Å²) in [6.45, 7) is 8.27. The molecular formula is C11H22N4O2. The van der Waals surface area contributed by atoms with Crippen molar-refractivity contribution in [3.8, 4) is 0 Å². The number of amides is 2. The molecule has 0 bridgehead atoms. The van der Waals surface area contributed by atoms with Crippen LogP contribution in [0.2, 0.25) is 0 Å². The van der Waals surface area contributed by atoms with E-state index >= 15 is 0 Å². The molecule has 6 nitrogen and oxygen atoms in total. The van der Waals surface area contributed by atoms with Crippen molar-refractivity contribution < 1.29 is 9.59 Å². The van der Waals surface area contributed by atoms with Crippen LogP contribution < -0.4 is 16.0 Å². The van der Waals surface area contributed by atoms with Crippen molar-refractivity contribution in [3.05, 3.63) is 0 Å². The number of nitrogens with zero attached hydrogens (tertiary/aromatic N) is 1. The summed E-state index contributed by atoms with van der Waals surface area (Å²) in [5.74, 6) is -0.102. The molecule has 0 aliphatic carbocycles. The van der Waals surface area contributed by atoms with Crippen LogP contribution in [0.25, 0.3) is 0 Å². The Morgan fingerprint density at radius 3 is 2.71 bits per heavy atom. The summed E-state index contributed by atoms with van der Waals surface area (Å²) in [5.41, 5.74) is 0. The van der Waals surface area contributed by atoms with Crippen molar-refractivity contribution in [1.29, 1.82) is 0 Å². The zero-order valence-corrected chi connectivity index (χ0v) is 10.6. The van der Waals surface area contributed by atoms with E-state index in [0.29, 0.717) is 13.1 Å². The molecule has 3 N–H and O–H groups in total. The second-order valence-electron chi connectivity index (χ2n) is 4.06. The molecule has 6 heteroatoms. The van der Waals surface area contributed by atoms with Crippen LogP contribution in [-0.4, -0.2) is 62.0 Å². The fourth-order valence-corrected chi connectivity index (χ4v) is 1.75. The van der Waals surface area contributed by atoms with Crippen molar-refractivity contribution in [2.75, 3.05) is 39.3 Å². The van der Waals surface area contributed by atoms with Gasteiger partial charge in [0.1, 0.15) is 6.04 Å². The first-order valence-electron chi connectivity index (χ1n) is 6.17. The van der Waals surface area contributed by atoms with Gasteiger partial charge in [0.05, 0.1) is 6.54 Å².